The van der Waals surface area contributed by atoms with Crippen molar-refractivity contribution in [3.05, 3.63) is 53.6 Å². The molecule has 0 radical (unpaired) electrons. The molecule has 27 heavy (non-hydrogen) atoms. The van der Waals surface area contributed by atoms with Crippen molar-refractivity contribution >= 4 is 34.3 Å². The smallest absolute Gasteiger partial charge is 0.234 e. The maximum Gasteiger partial charge on any atom is 0.234 e. The topological polar surface area (TPSA) is 60.5 Å². The lowest BCUT2D eigenvalue weighted by Gasteiger charge is -2.12. The maximum atomic E-state index is 12.4. The van der Waals surface area contributed by atoms with E-state index in [1.165, 1.54) is 11.8 Å². The molecule has 1 N–H and O–H groups in total. The first-order valence-corrected chi connectivity index (χ1v) is 9.52. The van der Waals surface area contributed by atoms with Crippen molar-refractivity contribution in [3.8, 4) is 11.5 Å². The van der Waals surface area contributed by atoms with Crippen molar-refractivity contribution in [2.75, 3.05) is 25.3 Å². The second-order valence-corrected chi connectivity index (χ2v) is 7.12. The third kappa shape index (κ3) is 4.34. The molecule has 0 fully saturated rings. The summed E-state index contributed by atoms with van der Waals surface area (Å²) in [5.74, 6) is 1.37. The number of carbonyl (C=O) groups is 1. The maximum absolute atomic E-state index is 12.4. The molecule has 0 spiro atoms. The van der Waals surface area contributed by atoms with Crippen LogP contribution < -0.4 is 14.8 Å². The molecule has 5 nitrogen and oxygen atoms in total. The van der Waals surface area contributed by atoms with Gasteiger partial charge in [-0.25, -0.2) is 4.98 Å². The summed E-state index contributed by atoms with van der Waals surface area (Å²) in [7, 11) is 3.15. The van der Waals surface area contributed by atoms with Crippen molar-refractivity contribution in [1.82, 2.24) is 4.98 Å². The first-order chi connectivity index (χ1) is 13.0. The van der Waals surface area contributed by atoms with Crippen molar-refractivity contribution in [3.63, 3.8) is 0 Å². The van der Waals surface area contributed by atoms with Gasteiger partial charge in [-0.15, -0.1) is 0 Å². The number of pyridine rings is 1. The second kappa shape index (κ2) is 8.31. The Hall–Kier alpha value is -2.73. The van der Waals surface area contributed by atoms with Crippen LogP contribution in [0, 0.1) is 13.8 Å². The number of aromatic nitrogens is 1. The van der Waals surface area contributed by atoms with E-state index in [2.05, 4.69) is 17.4 Å². The molecule has 6 heteroatoms. The highest BCUT2D eigenvalue weighted by atomic mass is 32.2. The fourth-order valence-corrected chi connectivity index (χ4v) is 3.60. The SMILES string of the molecule is COc1ccc(OC)c(NC(=O)CSc2nc3c(C)cccc3cc2C)c1. The predicted octanol–water partition coefficient (Wildman–Crippen LogP) is 4.60. The zero-order valence-corrected chi connectivity index (χ0v) is 16.6. The van der Waals surface area contributed by atoms with Crippen molar-refractivity contribution in [2.45, 2.75) is 18.9 Å². The van der Waals surface area contributed by atoms with Crippen LogP contribution >= 0.6 is 11.8 Å². The lowest BCUT2D eigenvalue weighted by atomic mass is 10.1. The Morgan fingerprint density at radius 1 is 1.07 bits per heavy atom. The van der Waals surface area contributed by atoms with E-state index in [1.807, 2.05) is 26.0 Å². The number of ether oxygens (including phenoxy) is 2. The molecule has 0 aliphatic heterocycles. The minimum Gasteiger partial charge on any atom is -0.497 e. The lowest BCUT2D eigenvalue weighted by molar-refractivity contribution is -0.113. The highest BCUT2D eigenvalue weighted by Gasteiger charge is 2.12. The van der Waals surface area contributed by atoms with Gasteiger partial charge < -0.3 is 14.8 Å². The van der Waals surface area contributed by atoms with Crippen LogP contribution in [0.1, 0.15) is 11.1 Å². The highest BCUT2D eigenvalue weighted by Crippen LogP contribution is 2.30. The molecular formula is C21H22N2O3S. The van der Waals surface area contributed by atoms with Gasteiger partial charge in [-0.3, -0.25) is 4.79 Å². The third-order valence-corrected chi connectivity index (χ3v) is 5.31. The first-order valence-electron chi connectivity index (χ1n) is 8.53. The number of methoxy groups -OCH3 is 2. The number of benzene rings is 2. The number of carbonyl (C=O) groups excluding carboxylic acids is 1. The summed E-state index contributed by atoms with van der Waals surface area (Å²) in [6, 6.07) is 13.5. The van der Waals surface area contributed by atoms with Crippen molar-refractivity contribution < 1.29 is 14.3 Å². The summed E-state index contributed by atoms with van der Waals surface area (Å²) in [5, 5.41) is 4.86. The molecule has 3 rings (SSSR count). The molecule has 0 unspecified atom stereocenters. The lowest BCUT2D eigenvalue weighted by Crippen LogP contribution is -2.15. The molecule has 140 valence electrons. The predicted molar refractivity (Wildman–Crippen MR) is 110 cm³/mol. The molecule has 0 bridgehead atoms. The van der Waals surface area contributed by atoms with E-state index in [4.69, 9.17) is 14.5 Å². The number of hydrogen-bond donors (Lipinski definition) is 1. The summed E-state index contributed by atoms with van der Waals surface area (Å²) >= 11 is 1.43. The third-order valence-electron chi connectivity index (χ3n) is 4.21. The molecule has 0 saturated heterocycles. The summed E-state index contributed by atoms with van der Waals surface area (Å²) in [6.07, 6.45) is 0. The molecule has 1 aromatic heterocycles. The van der Waals surface area contributed by atoms with Gasteiger partial charge >= 0.3 is 0 Å². The van der Waals surface area contributed by atoms with Crippen LogP contribution in [0.5, 0.6) is 11.5 Å². The zero-order chi connectivity index (χ0) is 19.4. The number of nitrogens with one attached hydrogen (secondary N) is 1. The summed E-state index contributed by atoms with van der Waals surface area (Å²) in [5.41, 5.74) is 3.74. The van der Waals surface area contributed by atoms with Crippen LogP contribution in [0.2, 0.25) is 0 Å². The van der Waals surface area contributed by atoms with Gasteiger partial charge in [-0.2, -0.15) is 0 Å². The molecule has 3 aromatic rings. The molecule has 0 atom stereocenters. The standard InChI is InChI=1S/C21H22N2O3S/c1-13-6-5-7-15-10-14(2)21(23-20(13)15)27-12-19(24)22-17-11-16(25-3)8-9-18(17)26-4/h5-11H,12H2,1-4H3,(H,22,24). The Kier molecular flexibility index (Phi) is 5.86. The number of anilines is 1. The summed E-state index contributed by atoms with van der Waals surface area (Å²) in [4.78, 5) is 17.2. The van der Waals surface area contributed by atoms with Gasteiger partial charge in [-0.1, -0.05) is 30.0 Å². The van der Waals surface area contributed by atoms with Gasteiger partial charge in [-0.05, 0) is 43.2 Å². The number of thioether (sulfide) groups is 1. The van der Waals surface area contributed by atoms with Gasteiger partial charge in [0.05, 0.1) is 31.2 Å². The van der Waals surface area contributed by atoms with Gasteiger partial charge in [0.15, 0.2) is 0 Å². The molecule has 1 heterocycles. The van der Waals surface area contributed by atoms with Gasteiger partial charge in [0.2, 0.25) is 5.91 Å². The number of rotatable bonds is 6. The molecule has 0 saturated carbocycles. The van der Waals surface area contributed by atoms with Crippen LogP contribution in [0.15, 0.2) is 47.5 Å². The molecule has 2 aromatic carbocycles. The fraction of sp³-hybridized carbons (Fsp3) is 0.238. The summed E-state index contributed by atoms with van der Waals surface area (Å²) in [6.45, 7) is 4.06. The van der Waals surface area contributed by atoms with Gasteiger partial charge in [0.1, 0.15) is 16.5 Å². The average Bonchev–Trinajstić information content (AvgIpc) is 2.66. The normalized spacial score (nSPS) is 10.7. The van der Waals surface area contributed by atoms with Crippen LogP contribution in [0.3, 0.4) is 0 Å². The van der Waals surface area contributed by atoms with Crippen molar-refractivity contribution in [1.29, 1.82) is 0 Å². The largest absolute Gasteiger partial charge is 0.497 e. The quantitative estimate of drug-likeness (QED) is 0.632. The molecule has 0 aliphatic rings. The number of para-hydroxylation sites is 1. The van der Waals surface area contributed by atoms with Crippen molar-refractivity contribution in [2.24, 2.45) is 0 Å². The highest BCUT2D eigenvalue weighted by molar-refractivity contribution is 8.00. The Bertz CT molecular complexity index is 989. The van der Waals surface area contributed by atoms with E-state index in [0.717, 1.165) is 27.1 Å². The Morgan fingerprint density at radius 3 is 2.63 bits per heavy atom. The Labute approximate surface area is 163 Å². The van der Waals surface area contributed by atoms with Crippen LogP contribution in [0.25, 0.3) is 10.9 Å². The molecule has 0 aliphatic carbocycles. The summed E-state index contributed by atoms with van der Waals surface area (Å²) < 4.78 is 10.5. The first kappa shape index (κ1) is 19.0. The van der Waals surface area contributed by atoms with E-state index < -0.39 is 0 Å². The fourth-order valence-electron chi connectivity index (χ4n) is 2.81. The second-order valence-electron chi connectivity index (χ2n) is 6.16. The van der Waals surface area contributed by atoms with E-state index in [0.29, 0.717) is 17.2 Å². The van der Waals surface area contributed by atoms with E-state index in [-0.39, 0.29) is 11.7 Å². The number of fused-ring (bicyclic) bond motifs is 1. The minimum atomic E-state index is -0.127. The van der Waals surface area contributed by atoms with Gasteiger partial charge in [0.25, 0.3) is 0 Å². The average molecular weight is 382 g/mol. The minimum absolute atomic E-state index is 0.127. The zero-order valence-electron chi connectivity index (χ0n) is 15.8. The van der Waals surface area contributed by atoms with Crippen LogP contribution in [-0.4, -0.2) is 30.9 Å². The Balaban J connectivity index is 1.74. The van der Waals surface area contributed by atoms with E-state index in [1.54, 1.807) is 32.4 Å². The van der Waals surface area contributed by atoms with E-state index in [9.17, 15) is 4.79 Å². The van der Waals surface area contributed by atoms with Crippen LogP contribution in [-0.2, 0) is 4.79 Å². The number of hydrogen-bond acceptors (Lipinski definition) is 5. The number of aryl methyl sites for hydroxylation is 2. The number of nitrogens with zero attached hydrogens (tertiary/aromatic N) is 1. The van der Waals surface area contributed by atoms with Gasteiger partial charge in [0, 0.05) is 11.5 Å². The molecule has 1 amide bonds. The van der Waals surface area contributed by atoms with E-state index >= 15 is 0 Å². The van der Waals surface area contributed by atoms with Crippen LogP contribution in [0.4, 0.5) is 5.69 Å². The Morgan fingerprint density at radius 2 is 1.89 bits per heavy atom. The molecular weight excluding hydrogens is 360 g/mol. The monoisotopic (exact) mass is 382 g/mol. The number of amides is 1.